The number of benzene rings is 1. The van der Waals surface area contributed by atoms with Gasteiger partial charge in [0.1, 0.15) is 5.15 Å². The van der Waals surface area contributed by atoms with Crippen LogP contribution in [0.5, 0.6) is 0 Å². The third kappa shape index (κ3) is 3.28. The Morgan fingerprint density at radius 1 is 1.24 bits per heavy atom. The van der Waals surface area contributed by atoms with Gasteiger partial charge in [-0.2, -0.15) is 0 Å². The van der Waals surface area contributed by atoms with Crippen LogP contribution in [-0.4, -0.2) is 10.1 Å². The minimum Gasteiger partial charge on any atom is -0.388 e. The van der Waals surface area contributed by atoms with E-state index in [2.05, 4.69) is 20.9 Å². The summed E-state index contributed by atoms with van der Waals surface area (Å²) in [5.74, 6) is 0. The number of nitrogens with zero attached hydrogens (tertiary/aromatic N) is 1. The minimum absolute atomic E-state index is 0.432. The molecular weight excluding hydrogens is 302 g/mol. The molecule has 0 fully saturated rings. The monoisotopic (exact) mass is 311 g/mol. The summed E-state index contributed by atoms with van der Waals surface area (Å²) in [7, 11) is 0. The van der Waals surface area contributed by atoms with Crippen LogP contribution in [0.1, 0.15) is 17.2 Å². The Hall–Kier alpha value is -0.900. The summed E-state index contributed by atoms with van der Waals surface area (Å²) in [5.41, 5.74) is 1.83. The summed E-state index contributed by atoms with van der Waals surface area (Å²) in [4.78, 5) is 3.96. The Morgan fingerprint density at radius 2 is 2.00 bits per heavy atom. The van der Waals surface area contributed by atoms with Crippen LogP contribution >= 0.6 is 27.5 Å². The Morgan fingerprint density at radius 3 is 2.65 bits per heavy atom. The molecular formula is C13H11BrClNO. The standard InChI is InChI=1S/C13H11BrClNO/c14-11-4-2-1-3-9(11)7-12(17)10-5-6-13(15)16-8-10/h1-6,8,12,17H,7H2. The van der Waals surface area contributed by atoms with Crippen molar-refractivity contribution in [3.63, 3.8) is 0 Å². The Bertz CT molecular complexity index is 501. The number of aromatic nitrogens is 1. The molecule has 0 aliphatic rings. The lowest BCUT2D eigenvalue weighted by Crippen LogP contribution is -2.02. The lowest BCUT2D eigenvalue weighted by atomic mass is 10.0. The van der Waals surface area contributed by atoms with Gasteiger partial charge in [-0.1, -0.05) is 51.8 Å². The van der Waals surface area contributed by atoms with E-state index in [0.717, 1.165) is 15.6 Å². The molecule has 1 N–H and O–H groups in total. The largest absolute Gasteiger partial charge is 0.388 e. The Labute approximate surface area is 113 Å². The van der Waals surface area contributed by atoms with Gasteiger partial charge in [0.25, 0.3) is 0 Å². The lowest BCUT2D eigenvalue weighted by Gasteiger charge is -2.11. The smallest absolute Gasteiger partial charge is 0.129 e. The zero-order valence-corrected chi connectivity index (χ0v) is 11.3. The van der Waals surface area contributed by atoms with Crippen LogP contribution in [0.15, 0.2) is 47.1 Å². The molecule has 1 atom stereocenters. The van der Waals surface area contributed by atoms with Gasteiger partial charge in [0.05, 0.1) is 6.10 Å². The second-order valence-corrected chi connectivity index (χ2v) is 4.97. The van der Waals surface area contributed by atoms with Crippen molar-refractivity contribution < 1.29 is 5.11 Å². The van der Waals surface area contributed by atoms with Gasteiger partial charge in [-0.3, -0.25) is 0 Å². The van der Waals surface area contributed by atoms with Crippen LogP contribution in [0.3, 0.4) is 0 Å². The van der Waals surface area contributed by atoms with Crippen LogP contribution in [0, 0.1) is 0 Å². The fourth-order valence-corrected chi connectivity index (χ4v) is 2.13. The maximum Gasteiger partial charge on any atom is 0.129 e. The predicted octanol–water partition coefficient (Wildman–Crippen LogP) is 3.77. The summed E-state index contributed by atoms with van der Waals surface area (Å²) in [6.45, 7) is 0. The summed E-state index contributed by atoms with van der Waals surface area (Å²) in [6.07, 6.45) is 1.58. The quantitative estimate of drug-likeness (QED) is 0.875. The van der Waals surface area contributed by atoms with Crippen molar-refractivity contribution in [2.75, 3.05) is 0 Å². The van der Waals surface area contributed by atoms with E-state index in [1.165, 1.54) is 0 Å². The molecule has 1 aromatic heterocycles. The summed E-state index contributed by atoms with van der Waals surface area (Å²) >= 11 is 9.16. The van der Waals surface area contributed by atoms with E-state index in [0.29, 0.717) is 11.6 Å². The molecule has 0 saturated heterocycles. The van der Waals surface area contributed by atoms with E-state index in [1.807, 2.05) is 24.3 Å². The van der Waals surface area contributed by atoms with E-state index < -0.39 is 6.10 Å². The lowest BCUT2D eigenvalue weighted by molar-refractivity contribution is 0.178. The zero-order valence-electron chi connectivity index (χ0n) is 8.98. The third-order valence-electron chi connectivity index (χ3n) is 2.51. The van der Waals surface area contributed by atoms with Crippen molar-refractivity contribution in [2.45, 2.75) is 12.5 Å². The van der Waals surface area contributed by atoms with Gasteiger partial charge in [-0.25, -0.2) is 4.98 Å². The number of hydrogen-bond acceptors (Lipinski definition) is 2. The van der Waals surface area contributed by atoms with Gasteiger partial charge in [-0.05, 0) is 23.3 Å². The molecule has 0 bridgehead atoms. The fraction of sp³-hybridized carbons (Fsp3) is 0.154. The van der Waals surface area contributed by atoms with Crippen LogP contribution < -0.4 is 0 Å². The minimum atomic E-state index is -0.571. The average Bonchev–Trinajstić information content (AvgIpc) is 2.33. The molecule has 4 heteroatoms. The number of pyridine rings is 1. The van der Waals surface area contributed by atoms with E-state index in [-0.39, 0.29) is 0 Å². The first-order valence-corrected chi connectivity index (χ1v) is 6.37. The number of hydrogen-bond donors (Lipinski definition) is 1. The topological polar surface area (TPSA) is 33.1 Å². The van der Waals surface area contributed by atoms with Crippen LogP contribution in [-0.2, 0) is 6.42 Å². The first-order chi connectivity index (χ1) is 8.16. The molecule has 2 rings (SSSR count). The highest BCUT2D eigenvalue weighted by atomic mass is 79.9. The number of aliphatic hydroxyl groups excluding tert-OH is 1. The van der Waals surface area contributed by atoms with Gasteiger partial charge in [0, 0.05) is 17.1 Å². The van der Waals surface area contributed by atoms with E-state index >= 15 is 0 Å². The fourth-order valence-electron chi connectivity index (χ4n) is 1.57. The first-order valence-electron chi connectivity index (χ1n) is 5.20. The first kappa shape index (κ1) is 12.6. The zero-order chi connectivity index (χ0) is 12.3. The van der Waals surface area contributed by atoms with Crippen LogP contribution in [0.25, 0.3) is 0 Å². The van der Waals surface area contributed by atoms with Gasteiger partial charge in [0.2, 0.25) is 0 Å². The molecule has 1 aromatic carbocycles. The molecule has 0 aliphatic carbocycles. The Balaban J connectivity index is 2.14. The highest BCUT2D eigenvalue weighted by molar-refractivity contribution is 9.10. The maximum absolute atomic E-state index is 10.1. The molecule has 1 unspecified atom stereocenters. The second-order valence-electron chi connectivity index (χ2n) is 3.73. The van der Waals surface area contributed by atoms with Gasteiger partial charge in [-0.15, -0.1) is 0 Å². The molecule has 1 heterocycles. The van der Waals surface area contributed by atoms with Gasteiger partial charge in [0.15, 0.2) is 0 Å². The Kier molecular flexibility index (Phi) is 4.15. The maximum atomic E-state index is 10.1. The summed E-state index contributed by atoms with van der Waals surface area (Å²) in [5, 5.41) is 10.5. The summed E-state index contributed by atoms with van der Waals surface area (Å²) in [6, 6.07) is 11.3. The molecule has 17 heavy (non-hydrogen) atoms. The molecule has 0 amide bonds. The van der Waals surface area contributed by atoms with Gasteiger partial charge < -0.3 is 5.11 Å². The highest BCUT2D eigenvalue weighted by Gasteiger charge is 2.10. The van der Waals surface area contributed by atoms with Crippen molar-refractivity contribution in [3.05, 3.63) is 63.3 Å². The van der Waals surface area contributed by atoms with Crippen LogP contribution in [0.4, 0.5) is 0 Å². The molecule has 2 nitrogen and oxygen atoms in total. The highest BCUT2D eigenvalue weighted by Crippen LogP contribution is 2.23. The average molecular weight is 313 g/mol. The van der Waals surface area contributed by atoms with Crippen molar-refractivity contribution in [2.24, 2.45) is 0 Å². The van der Waals surface area contributed by atoms with E-state index in [4.69, 9.17) is 11.6 Å². The molecule has 88 valence electrons. The van der Waals surface area contributed by atoms with Gasteiger partial charge >= 0.3 is 0 Å². The van der Waals surface area contributed by atoms with Crippen molar-refractivity contribution >= 4 is 27.5 Å². The molecule has 0 saturated carbocycles. The van der Waals surface area contributed by atoms with Crippen LogP contribution in [0.2, 0.25) is 5.15 Å². The normalized spacial score (nSPS) is 12.4. The van der Waals surface area contributed by atoms with E-state index in [1.54, 1.807) is 18.3 Å². The number of aliphatic hydroxyl groups is 1. The molecule has 0 radical (unpaired) electrons. The van der Waals surface area contributed by atoms with Crippen molar-refractivity contribution in [3.8, 4) is 0 Å². The molecule has 0 spiro atoms. The van der Waals surface area contributed by atoms with Crippen molar-refractivity contribution in [1.82, 2.24) is 4.98 Å². The third-order valence-corrected chi connectivity index (χ3v) is 3.50. The molecule has 0 aliphatic heterocycles. The second kappa shape index (κ2) is 5.63. The summed E-state index contributed by atoms with van der Waals surface area (Å²) < 4.78 is 1.00. The predicted molar refractivity (Wildman–Crippen MR) is 72.1 cm³/mol. The SMILES string of the molecule is OC(Cc1ccccc1Br)c1ccc(Cl)nc1. The number of rotatable bonds is 3. The molecule has 2 aromatic rings. The number of halogens is 2. The van der Waals surface area contributed by atoms with Crippen molar-refractivity contribution in [1.29, 1.82) is 0 Å². The van der Waals surface area contributed by atoms with E-state index in [9.17, 15) is 5.11 Å².